The molecule has 0 aliphatic carbocycles. The maximum absolute atomic E-state index is 3.91. The molecule has 0 bridgehead atoms. The van der Waals surface area contributed by atoms with Crippen LogP contribution in [0.1, 0.15) is 18.2 Å². The monoisotopic (exact) mass is 191 g/mol. The van der Waals surface area contributed by atoms with Gasteiger partial charge in [0.15, 0.2) is 12.7 Å². The van der Waals surface area contributed by atoms with Crippen LogP contribution in [-0.4, -0.2) is 15.3 Å². The maximum atomic E-state index is 3.91. The van der Waals surface area contributed by atoms with Crippen molar-refractivity contribution in [2.45, 2.75) is 26.3 Å². The number of aryl methyl sites for hydroxylation is 3. The summed E-state index contributed by atoms with van der Waals surface area (Å²) in [6, 6.07) is 2.00. The van der Waals surface area contributed by atoms with Crippen LogP contribution >= 0.6 is 0 Å². The van der Waals surface area contributed by atoms with Gasteiger partial charge in [0.2, 0.25) is 0 Å². The lowest BCUT2D eigenvalue weighted by Gasteiger charge is -1.90. The van der Waals surface area contributed by atoms with Gasteiger partial charge in [-0.3, -0.25) is 5.10 Å². The minimum Gasteiger partial charge on any atom is -0.282 e. The molecule has 0 radical (unpaired) electrons. The average molecular weight is 191 g/mol. The third kappa shape index (κ3) is 2.02. The first-order valence-electron chi connectivity index (χ1n) is 4.93. The Kier molecular flexibility index (Phi) is 2.62. The average Bonchev–Trinajstić information content (AvgIpc) is 2.86. The van der Waals surface area contributed by atoms with Gasteiger partial charge >= 0.3 is 0 Å². The molecule has 0 fully saturated rings. The van der Waals surface area contributed by atoms with Gasteiger partial charge in [0, 0.05) is 17.5 Å². The van der Waals surface area contributed by atoms with Gasteiger partial charge in [-0.25, -0.2) is 0 Å². The minimum atomic E-state index is 0.961. The molecule has 4 nitrogen and oxygen atoms in total. The van der Waals surface area contributed by atoms with Gasteiger partial charge in [-0.15, -0.1) is 4.68 Å². The molecule has 2 aromatic heterocycles. The second-order valence-corrected chi connectivity index (χ2v) is 3.36. The maximum Gasteiger partial charge on any atom is 0.198 e. The van der Waals surface area contributed by atoms with Crippen molar-refractivity contribution in [1.29, 1.82) is 0 Å². The Morgan fingerprint density at radius 3 is 3.07 bits per heavy atom. The summed E-state index contributed by atoms with van der Waals surface area (Å²) < 4.78 is 2.10. The zero-order valence-electron chi connectivity index (χ0n) is 8.33. The van der Waals surface area contributed by atoms with E-state index in [0.29, 0.717) is 0 Å². The summed E-state index contributed by atoms with van der Waals surface area (Å²) in [5.41, 5.74) is 2.51. The zero-order chi connectivity index (χ0) is 9.80. The van der Waals surface area contributed by atoms with Crippen LogP contribution < -0.4 is 4.68 Å². The molecule has 2 heterocycles. The molecule has 2 aromatic rings. The predicted octanol–water partition coefficient (Wildman–Crippen LogP) is 0.830. The van der Waals surface area contributed by atoms with Gasteiger partial charge in [-0.05, 0) is 12.5 Å². The lowest BCUT2D eigenvalue weighted by atomic mass is 10.3. The molecule has 0 saturated carbocycles. The molecule has 0 amide bonds. The van der Waals surface area contributed by atoms with Crippen LogP contribution in [0.5, 0.6) is 0 Å². The highest BCUT2D eigenvalue weighted by Gasteiger charge is 2.05. The van der Waals surface area contributed by atoms with E-state index in [0.717, 1.165) is 19.4 Å². The second kappa shape index (κ2) is 4.09. The van der Waals surface area contributed by atoms with Gasteiger partial charge in [0.05, 0.1) is 12.6 Å². The summed E-state index contributed by atoms with van der Waals surface area (Å²) in [5, 5.41) is 10.1. The van der Waals surface area contributed by atoms with Crippen LogP contribution in [0, 0.1) is 0 Å². The summed E-state index contributed by atoms with van der Waals surface area (Å²) in [6.07, 6.45) is 8.04. The highest BCUT2D eigenvalue weighted by molar-refractivity contribution is 4.98. The Labute approximate surface area is 83.0 Å². The molecular formula is C10H15N4+. The van der Waals surface area contributed by atoms with E-state index in [-0.39, 0.29) is 0 Å². The van der Waals surface area contributed by atoms with Crippen molar-refractivity contribution >= 4 is 0 Å². The van der Waals surface area contributed by atoms with E-state index in [4.69, 9.17) is 0 Å². The molecule has 0 unspecified atom stereocenters. The molecule has 0 aromatic carbocycles. The molecule has 2 rings (SSSR count). The molecule has 0 aliphatic heterocycles. The highest BCUT2D eigenvalue weighted by Crippen LogP contribution is 1.95. The number of nitrogens with one attached hydrogen (secondary N) is 2. The Hall–Kier alpha value is -1.58. The standard InChI is InChI=1S/C10H14N4/c1-2-9-7-12-14(8-9)6-4-10-3-5-11-13-10/h3,5,7-8H,2,4,6H2,1H3,(H,11,13)/p+1. The van der Waals surface area contributed by atoms with Crippen LogP contribution in [0.4, 0.5) is 0 Å². The molecule has 2 N–H and O–H groups in total. The van der Waals surface area contributed by atoms with Crippen molar-refractivity contribution in [3.05, 3.63) is 35.9 Å². The number of rotatable bonds is 4. The van der Waals surface area contributed by atoms with Crippen LogP contribution in [0.15, 0.2) is 24.7 Å². The fraction of sp³-hybridized carbons (Fsp3) is 0.400. The van der Waals surface area contributed by atoms with Crippen molar-refractivity contribution in [2.24, 2.45) is 0 Å². The van der Waals surface area contributed by atoms with Crippen molar-refractivity contribution in [2.75, 3.05) is 0 Å². The van der Waals surface area contributed by atoms with E-state index in [1.807, 2.05) is 12.3 Å². The fourth-order valence-corrected chi connectivity index (χ4v) is 1.43. The van der Waals surface area contributed by atoms with Crippen LogP contribution in [0.25, 0.3) is 0 Å². The predicted molar refractivity (Wildman–Crippen MR) is 52.7 cm³/mol. The van der Waals surface area contributed by atoms with Gasteiger partial charge in [0.1, 0.15) is 0 Å². The number of hydrogen-bond donors (Lipinski definition) is 2. The minimum absolute atomic E-state index is 0.961. The van der Waals surface area contributed by atoms with Gasteiger partial charge in [-0.2, -0.15) is 10.2 Å². The van der Waals surface area contributed by atoms with E-state index in [2.05, 4.69) is 33.1 Å². The molecule has 14 heavy (non-hydrogen) atoms. The molecule has 0 saturated heterocycles. The Morgan fingerprint density at radius 1 is 1.50 bits per heavy atom. The van der Waals surface area contributed by atoms with Gasteiger partial charge < -0.3 is 0 Å². The van der Waals surface area contributed by atoms with Crippen LogP contribution in [0.3, 0.4) is 0 Å². The van der Waals surface area contributed by atoms with E-state index < -0.39 is 0 Å². The van der Waals surface area contributed by atoms with Crippen molar-refractivity contribution in [3.63, 3.8) is 0 Å². The normalized spacial score (nSPS) is 10.6. The van der Waals surface area contributed by atoms with Crippen LogP contribution in [-0.2, 0) is 19.4 Å². The molecule has 74 valence electrons. The van der Waals surface area contributed by atoms with E-state index >= 15 is 0 Å². The molecular weight excluding hydrogens is 176 g/mol. The summed E-state index contributed by atoms with van der Waals surface area (Å²) >= 11 is 0. The number of aromatic amines is 2. The molecule has 4 heteroatoms. The number of H-pyrrole nitrogens is 2. The SMILES string of the molecule is CCc1c[nH][n+](CCc2ccn[nH]2)c1. The topological polar surface area (TPSA) is 48.4 Å². The Bertz CT molecular complexity index is 374. The van der Waals surface area contributed by atoms with Crippen LogP contribution in [0.2, 0.25) is 0 Å². The number of nitrogens with zero attached hydrogens (tertiary/aromatic N) is 2. The Balaban J connectivity index is 1.92. The molecule has 0 atom stereocenters. The number of aromatic nitrogens is 4. The zero-order valence-corrected chi connectivity index (χ0v) is 8.33. The smallest absolute Gasteiger partial charge is 0.198 e. The third-order valence-electron chi connectivity index (χ3n) is 2.33. The third-order valence-corrected chi connectivity index (χ3v) is 2.33. The second-order valence-electron chi connectivity index (χ2n) is 3.36. The molecule has 0 aliphatic rings. The summed E-state index contributed by atoms with van der Waals surface area (Å²) in [7, 11) is 0. The largest absolute Gasteiger partial charge is 0.282 e. The first kappa shape index (κ1) is 8.99. The van der Waals surface area contributed by atoms with Crippen molar-refractivity contribution < 1.29 is 4.68 Å². The lowest BCUT2D eigenvalue weighted by molar-refractivity contribution is -0.749. The van der Waals surface area contributed by atoms with Crippen molar-refractivity contribution in [3.8, 4) is 0 Å². The van der Waals surface area contributed by atoms with Crippen molar-refractivity contribution in [1.82, 2.24) is 15.3 Å². The first-order chi connectivity index (χ1) is 6.88. The first-order valence-corrected chi connectivity index (χ1v) is 4.93. The van der Waals surface area contributed by atoms with Gasteiger partial charge in [-0.1, -0.05) is 6.92 Å². The van der Waals surface area contributed by atoms with E-state index in [1.54, 1.807) is 6.20 Å². The molecule has 0 spiro atoms. The van der Waals surface area contributed by atoms with E-state index in [1.165, 1.54) is 11.3 Å². The highest BCUT2D eigenvalue weighted by atomic mass is 15.3. The Morgan fingerprint density at radius 2 is 2.43 bits per heavy atom. The van der Waals surface area contributed by atoms with E-state index in [9.17, 15) is 0 Å². The summed E-state index contributed by atoms with van der Waals surface area (Å²) in [6.45, 7) is 3.12. The lowest BCUT2D eigenvalue weighted by Crippen LogP contribution is -2.35. The fourth-order valence-electron chi connectivity index (χ4n) is 1.43. The van der Waals surface area contributed by atoms with Gasteiger partial charge in [0.25, 0.3) is 0 Å². The summed E-state index contributed by atoms with van der Waals surface area (Å²) in [5.74, 6) is 0. The summed E-state index contributed by atoms with van der Waals surface area (Å²) in [4.78, 5) is 0. The number of hydrogen-bond acceptors (Lipinski definition) is 1. The quantitative estimate of drug-likeness (QED) is 0.691.